The second kappa shape index (κ2) is 11.3. The number of amides is 2. The van der Waals surface area contributed by atoms with Crippen molar-refractivity contribution in [2.75, 3.05) is 18.0 Å². The molecule has 0 aromatic heterocycles. The highest BCUT2D eigenvalue weighted by atomic mass is 32.2. The summed E-state index contributed by atoms with van der Waals surface area (Å²) in [5, 5.41) is -0.256. The average Bonchev–Trinajstić information content (AvgIpc) is 3.13. The van der Waals surface area contributed by atoms with Crippen molar-refractivity contribution < 1.29 is 14.3 Å². The van der Waals surface area contributed by atoms with Crippen molar-refractivity contribution in [1.82, 2.24) is 4.90 Å². The van der Waals surface area contributed by atoms with E-state index < -0.39 is 0 Å². The van der Waals surface area contributed by atoms with Crippen molar-refractivity contribution >= 4 is 34.7 Å². The highest BCUT2D eigenvalue weighted by molar-refractivity contribution is 8.18. The molecule has 4 rings (SSSR count). The van der Waals surface area contributed by atoms with E-state index in [1.807, 2.05) is 79.7 Å². The summed E-state index contributed by atoms with van der Waals surface area (Å²) in [6.07, 6.45) is 1.77. The molecule has 6 heteroatoms. The maximum atomic E-state index is 13.1. The van der Waals surface area contributed by atoms with Crippen LogP contribution in [0.3, 0.4) is 0 Å². The molecule has 1 aliphatic rings. The van der Waals surface area contributed by atoms with Crippen molar-refractivity contribution in [1.29, 1.82) is 0 Å². The Balaban J connectivity index is 1.60. The summed E-state index contributed by atoms with van der Waals surface area (Å²) in [5.74, 6) is 0.408. The topological polar surface area (TPSA) is 49.9 Å². The fraction of sp³-hybridized carbons (Fsp3) is 0.241. The van der Waals surface area contributed by atoms with Crippen molar-refractivity contribution in [3.63, 3.8) is 0 Å². The number of nitrogens with zero attached hydrogens (tertiary/aromatic N) is 2. The van der Waals surface area contributed by atoms with Crippen LogP contribution in [-0.4, -0.2) is 29.1 Å². The standard InChI is InChI=1S/C29H30N2O3S/c1-4-30(5-2)25-16-15-24(26(18-25)34-20-23-9-7-6-8-10-23)17-27-28(32)31(29(33)35-27)19-22-13-11-21(3)12-14-22/h6-18H,4-5,19-20H2,1-3H3/b27-17+. The number of thioether (sulfide) groups is 1. The summed E-state index contributed by atoms with van der Waals surface area (Å²) >= 11 is 0.974. The van der Waals surface area contributed by atoms with Crippen LogP contribution in [0.2, 0.25) is 0 Å². The van der Waals surface area contributed by atoms with Crippen LogP contribution in [0.1, 0.15) is 36.1 Å². The van der Waals surface area contributed by atoms with Gasteiger partial charge in [-0.1, -0.05) is 60.2 Å². The van der Waals surface area contributed by atoms with Gasteiger partial charge in [-0.25, -0.2) is 0 Å². The van der Waals surface area contributed by atoms with E-state index in [1.54, 1.807) is 6.08 Å². The fourth-order valence-corrected chi connectivity index (χ4v) is 4.77. The van der Waals surface area contributed by atoms with Crippen LogP contribution >= 0.6 is 11.8 Å². The summed E-state index contributed by atoms with van der Waals surface area (Å²) in [5.41, 5.74) is 4.96. The molecule has 3 aromatic carbocycles. The predicted octanol–water partition coefficient (Wildman–Crippen LogP) is 6.66. The maximum Gasteiger partial charge on any atom is 0.293 e. The third kappa shape index (κ3) is 5.95. The molecular formula is C29H30N2O3S. The molecule has 0 N–H and O–H groups in total. The highest BCUT2D eigenvalue weighted by Crippen LogP contribution is 2.36. The first-order valence-electron chi connectivity index (χ1n) is 11.8. The zero-order valence-corrected chi connectivity index (χ0v) is 21.2. The molecule has 0 saturated carbocycles. The lowest BCUT2D eigenvalue weighted by molar-refractivity contribution is -0.123. The Morgan fingerprint density at radius 3 is 2.31 bits per heavy atom. The van der Waals surface area contributed by atoms with Crippen LogP contribution in [0.15, 0.2) is 77.7 Å². The molecule has 1 fully saturated rings. The minimum Gasteiger partial charge on any atom is -0.488 e. The van der Waals surface area contributed by atoms with E-state index in [0.717, 1.165) is 52.8 Å². The van der Waals surface area contributed by atoms with E-state index in [4.69, 9.17) is 4.74 Å². The third-order valence-electron chi connectivity index (χ3n) is 5.98. The Morgan fingerprint density at radius 2 is 1.63 bits per heavy atom. The maximum absolute atomic E-state index is 13.1. The Kier molecular flexibility index (Phi) is 7.93. The van der Waals surface area contributed by atoms with E-state index in [9.17, 15) is 9.59 Å². The molecule has 0 unspecified atom stereocenters. The molecule has 2 amide bonds. The third-order valence-corrected chi connectivity index (χ3v) is 6.89. The SMILES string of the molecule is CCN(CC)c1ccc(/C=C2/SC(=O)N(Cc3ccc(C)cc3)C2=O)c(OCc2ccccc2)c1. The lowest BCUT2D eigenvalue weighted by Crippen LogP contribution is -2.27. The molecule has 0 spiro atoms. The molecule has 1 heterocycles. The average molecular weight is 487 g/mol. The van der Waals surface area contributed by atoms with Gasteiger partial charge in [0, 0.05) is 30.4 Å². The number of hydrogen-bond donors (Lipinski definition) is 0. The molecule has 180 valence electrons. The smallest absolute Gasteiger partial charge is 0.293 e. The predicted molar refractivity (Wildman–Crippen MR) is 143 cm³/mol. The normalized spacial score (nSPS) is 14.6. The number of carbonyl (C=O) groups excluding carboxylic acids is 2. The minimum atomic E-state index is -0.276. The number of benzene rings is 3. The Morgan fingerprint density at radius 1 is 0.914 bits per heavy atom. The van der Waals surface area contributed by atoms with Crippen LogP contribution in [0.4, 0.5) is 10.5 Å². The molecule has 0 bridgehead atoms. The van der Waals surface area contributed by atoms with Gasteiger partial charge in [0.25, 0.3) is 11.1 Å². The molecule has 35 heavy (non-hydrogen) atoms. The van der Waals surface area contributed by atoms with Crippen molar-refractivity contribution in [2.24, 2.45) is 0 Å². The molecule has 0 aliphatic carbocycles. The monoisotopic (exact) mass is 486 g/mol. The van der Waals surface area contributed by atoms with Gasteiger partial charge in [-0.15, -0.1) is 0 Å². The van der Waals surface area contributed by atoms with Gasteiger partial charge >= 0.3 is 0 Å². The van der Waals surface area contributed by atoms with Crippen LogP contribution < -0.4 is 9.64 Å². The van der Waals surface area contributed by atoms with Crippen LogP contribution in [-0.2, 0) is 17.9 Å². The molecule has 1 saturated heterocycles. The lowest BCUT2D eigenvalue weighted by atomic mass is 10.1. The minimum absolute atomic E-state index is 0.256. The van der Waals surface area contributed by atoms with Gasteiger partial charge in [0.1, 0.15) is 12.4 Å². The molecule has 5 nitrogen and oxygen atoms in total. The van der Waals surface area contributed by atoms with Gasteiger partial charge in [-0.2, -0.15) is 0 Å². The van der Waals surface area contributed by atoms with Gasteiger partial charge in [0.2, 0.25) is 0 Å². The van der Waals surface area contributed by atoms with Crippen LogP contribution in [0.5, 0.6) is 5.75 Å². The van der Waals surface area contributed by atoms with Gasteiger partial charge in [-0.3, -0.25) is 14.5 Å². The molecular weight excluding hydrogens is 456 g/mol. The van der Waals surface area contributed by atoms with Gasteiger partial charge < -0.3 is 9.64 Å². The van der Waals surface area contributed by atoms with Gasteiger partial charge in [-0.05, 0) is 61.9 Å². The quantitative estimate of drug-likeness (QED) is 0.317. The fourth-order valence-electron chi connectivity index (χ4n) is 3.94. The summed E-state index contributed by atoms with van der Waals surface area (Å²) in [6.45, 7) is 8.68. The zero-order chi connectivity index (χ0) is 24.8. The second-order valence-electron chi connectivity index (χ2n) is 8.42. The number of imide groups is 1. The lowest BCUT2D eigenvalue weighted by Gasteiger charge is -2.22. The summed E-state index contributed by atoms with van der Waals surface area (Å²) < 4.78 is 6.22. The number of aryl methyl sites for hydroxylation is 1. The number of anilines is 1. The van der Waals surface area contributed by atoms with E-state index >= 15 is 0 Å². The summed E-state index contributed by atoms with van der Waals surface area (Å²) in [7, 11) is 0. The van der Waals surface area contributed by atoms with Crippen molar-refractivity contribution in [2.45, 2.75) is 33.9 Å². The van der Waals surface area contributed by atoms with E-state index in [0.29, 0.717) is 17.3 Å². The Hall–Kier alpha value is -3.51. The zero-order valence-electron chi connectivity index (χ0n) is 20.4. The number of hydrogen-bond acceptors (Lipinski definition) is 5. The van der Waals surface area contributed by atoms with E-state index in [1.165, 1.54) is 4.90 Å². The number of ether oxygens (including phenoxy) is 1. The Bertz CT molecular complexity index is 1220. The summed E-state index contributed by atoms with van der Waals surface area (Å²) in [4.78, 5) is 29.7. The first kappa shape index (κ1) is 24.6. The highest BCUT2D eigenvalue weighted by Gasteiger charge is 2.35. The molecule has 0 atom stereocenters. The van der Waals surface area contributed by atoms with Crippen LogP contribution in [0, 0.1) is 6.92 Å². The Labute approximate surface area is 211 Å². The largest absolute Gasteiger partial charge is 0.488 e. The van der Waals surface area contributed by atoms with E-state index in [2.05, 4.69) is 18.7 Å². The number of carbonyl (C=O) groups is 2. The molecule has 1 aliphatic heterocycles. The van der Waals surface area contributed by atoms with Crippen LogP contribution in [0.25, 0.3) is 6.08 Å². The molecule has 3 aromatic rings. The first-order chi connectivity index (χ1) is 17.0. The van der Waals surface area contributed by atoms with E-state index in [-0.39, 0.29) is 17.7 Å². The molecule has 0 radical (unpaired) electrons. The second-order valence-corrected chi connectivity index (χ2v) is 9.42. The first-order valence-corrected chi connectivity index (χ1v) is 12.7. The van der Waals surface area contributed by atoms with Crippen molar-refractivity contribution in [3.05, 3.63) is 100.0 Å². The van der Waals surface area contributed by atoms with Gasteiger partial charge in [0.15, 0.2) is 0 Å². The van der Waals surface area contributed by atoms with Crippen molar-refractivity contribution in [3.8, 4) is 5.75 Å². The summed E-state index contributed by atoms with van der Waals surface area (Å²) in [6, 6.07) is 23.8. The van der Waals surface area contributed by atoms with Gasteiger partial charge in [0.05, 0.1) is 11.4 Å². The number of rotatable bonds is 9.